The van der Waals surface area contributed by atoms with Crippen molar-refractivity contribution < 1.29 is 0 Å². The fourth-order valence-electron chi connectivity index (χ4n) is 1.09. The SMILES string of the molecule is Cl.NCc1cn2ccccc2n1. The molecule has 2 aromatic rings. The van der Waals surface area contributed by atoms with Gasteiger partial charge in [0.15, 0.2) is 0 Å². The molecule has 0 bridgehead atoms. The molecule has 2 aromatic heterocycles. The van der Waals surface area contributed by atoms with Crippen molar-refractivity contribution in [2.45, 2.75) is 6.54 Å². The number of fused-ring (bicyclic) bond motifs is 1. The monoisotopic (exact) mass is 183 g/mol. The molecule has 4 heteroatoms. The van der Waals surface area contributed by atoms with Gasteiger partial charge in [-0.05, 0) is 12.1 Å². The van der Waals surface area contributed by atoms with Gasteiger partial charge in [0.25, 0.3) is 0 Å². The molecule has 3 nitrogen and oxygen atoms in total. The summed E-state index contributed by atoms with van der Waals surface area (Å²) < 4.78 is 1.96. The van der Waals surface area contributed by atoms with Crippen LogP contribution in [0.3, 0.4) is 0 Å². The van der Waals surface area contributed by atoms with E-state index in [0.717, 1.165) is 11.3 Å². The van der Waals surface area contributed by atoms with Crippen LogP contribution in [0.4, 0.5) is 0 Å². The lowest BCUT2D eigenvalue weighted by atomic mass is 10.5. The van der Waals surface area contributed by atoms with E-state index in [1.807, 2.05) is 35.0 Å². The number of nitrogens with zero attached hydrogens (tertiary/aromatic N) is 2. The van der Waals surface area contributed by atoms with Gasteiger partial charge >= 0.3 is 0 Å². The summed E-state index contributed by atoms with van der Waals surface area (Å²) in [4.78, 5) is 4.27. The molecule has 64 valence electrons. The fraction of sp³-hybridized carbons (Fsp3) is 0.125. The first kappa shape index (κ1) is 9.03. The van der Waals surface area contributed by atoms with Gasteiger partial charge in [0.05, 0.1) is 5.69 Å². The Morgan fingerprint density at radius 3 is 2.92 bits per heavy atom. The van der Waals surface area contributed by atoms with E-state index in [1.54, 1.807) is 0 Å². The van der Waals surface area contributed by atoms with Crippen LogP contribution in [0, 0.1) is 0 Å². The van der Waals surface area contributed by atoms with Crippen LogP contribution < -0.4 is 5.73 Å². The zero-order valence-electron chi connectivity index (χ0n) is 6.47. The first-order valence-corrected chi connectivity index (χ1v) is 3.53. The van der Waals surface area contributed by atoms with E-state index in [4.69, 9.17) is 5.73 Å². The van der Waals surface area contributed by atoms with Crippen LogP contribution in [-0.4, -0.2) is 9.38 Å². The standard InChI is InChI=1S/C8H9N3.ClH/c9-5-7-6-11-4-2-1-3-8(11)10-7;/h1-4,6H,5,9H2;1H. The lowest BCUT2D eigenvalue weighted by molar-refractivity contribution is 1.02. The van der Waals surface area contributed by atoms with E-state index in [2.05, 4.69) is 4.98 Å². The molecule has 0 aliphatic carbocycles. The molecule has 12 heavy (non-hydrogen) atoms. The Bertz CT molecular complexity index is 336. The normalized spacial score (nSPS) is 9.75. The molecule has 0 atom stereocenters. The Kier molecular flexibility index (Phi) is 2.68. The van der Waals surface area contributed by atoms with Crippen LogP contribution in [0.1, 0.15) is 5.69 Å². The molecule has 0 fully saturated rings. The summed E-state index contributed by atoms with van der Waals surface area (Å²) in [5, 5.41) is 0. The number of imidazole rings is 1. The Hall–Kier alpha value is -1.06. The average molecular weight is 184 g/mol. The maximum Gasteiger partial charge on any atom is 0.137 e. The number of hydrogen-bond donors (Lipinski definition) is 1. The minimum atomic E-state index is 0. The molecule has 0 saturated carbocycles. The number of nitrogens with two attached hydrogens (primary N) is 1. The quantitative estimate of drug-likeness (QED) is 0.723. The van der Waals surface area contributed by atoms with Crippen molar-refractivity contribution in [3.05, 3.63) is 36.3 Å². The molecule has 0 aromatic carbocycles. The molecule has 0 aliphatic rings. The van der Waals surface area contributed by atoms with Crippen molar-refractivity contribution in [1.82, 2.24) is 9.38 Å². The maximum absolute atomic E-state index is 5.44. The Labute approximate surface area is 76.6 Å². The second kappa shape index (κ2) is 3.56. The Morgan fingerprint density at radius 1 is 1.42 bits per heavy atom. The van der Waals surface area contributed by atoms with E-state index in [0.29, 0.717) is 6.54 Å². The molecule has 0 unspecified atom stereocenters. The van der Waals surface area contributed by atoms with Gasteiger partial charge in [-0.2, -0.15) is 0 Å². The second-order valence-corrected chi connectivity index (χ2v) is 2.40. The highest BCUT2D eigenvalue weighted by Crippen LogP contribution is 2.02. The molecule has 0 aliphatic heterocycles. The number of hydrogen-bond acceptors (Lipinski definition) is 2. The van der Waals surface area contributed by atoms with Crippen molar-refractivity contribution in [1.29, 1.82) is 0 Å². The van der Waals surface area contributed by atoms with Crippen LogP contribution in [0.5, 0.6) is 0 Å². The van der Waals surface area contributed by atoms with Crippen molar-refractivity contribution in [3.8, 4) is 0 Å². The van der Waals surface area contributed by atoms with Crippen LogP contribution in [0.25, 0.3) is 5.65 Å². The van der Waals surface area contributed by atoms with E-state index in [1.165, 1.54) is 0 Å². The third-order valence-corrected chi connectivity index (χ3v) is 1.62. The lowest BCUT2D eigenvalue weighted by Crippen LogP contribution is -1.95. The Morgan fingerprint density at radius 2 is 2.25 bits per heavy atom. The molecule has 2 heterocycles. The second-order valence-electron chi connectivity index (χ2n) is 2.40. The molecular weight excluding hydrogens is 174 g/mol. The van der Waals surface area contributed by atoms with Gasteiger partial charge in [0.1, 0.15) is 5.65 Å². The zero-order chi connectivity index (χ0) is 7.68. The van der Waals surface area contributed by atoms with Crippen molar-refractivity contribution in [2.75, 3.05) is 0 Å². The van der Waals surface area contributed by atoms with Gasteiger partial charge in [-0.3, -0.25) is 0 Å². The molecule has 0 saturated heterocycles. The molecule has 0 spiro atoms. The molecular formula is C8H10ClN3. The van der Waals surface area contributed by atoms with Gasteiger partial charge in [-0.15, -0.1) is 12.4 Å². The van der Waals surface area contributed by atoms with Gasteiger partial charge in [0.2, 0.25) is 0 Å². The predicted octanol–water partition coefficient (Wildman–Crippen LogP) is 1.21. The van der Waals surface area contributed by atoms with Gasteiger partial charge in [-0.1, -0.05) is 6.07 Å². The first-order chi connectivity index (χ1) is 5.40. The smallest absolute Gasteiger partial charge is 0.137 e. The number of aromatic nitrogens is 2. The number of halogens is 1. The average Bonchev–Trinajstić information content (AvgIpc) is 2.46. The zero-order valence-corrected chi connectivity index (χ0v) is 7.29. The van der Waals surface area contributed by atoms with E-state index < -0.39 is 0 Å². The summed E-state index contributed by atoms with van der Waals surface area (Å²) in [6, 6.07) is 5.89. The number of pyridine rings is 1. The van der Waals surface area contributed by atoms with E-state index >= 15 is 0 Å². The fourth-order valence-corrected chi connectivity index (χ4v) is 1.09. The topological polar surface area (TPSA) is 43.3 Å². The highest BCUT2D eigenvalue weighted by atomic mass is 35.5. The summed E-state index contributed by atoms with van der Waals surface area (Å²) in [5.41, 5.74) is 7.32. The van der Waals surface area contributed by atoms with Crippen molar-refractivity contribution >= 4 is 18.1 Å². The maximum atomic E-state index is 5.44. The minimum Gasteiger partial charge on any atom is -0.325 e. The Balaban J connectivity index is 0.000000720. The van der Waals surface area contributed by atoms with Gasteiger partial charge < -0.3 is 10.1 Å². The minimum absolute atomic E-state index is 0. The molecule has 2 rings (SSSR count). The van der Waals surface area contributed by atoms with Crippen LogP contribution in [0.2, 0.25) is 0 Å². The summed E-state index contributed by atoms with van der Waals surface area (Å²) >= 11 is 0. The summed E-state index contributed by atoms with van der Waals surface area (Å²) in [7, 11) is 0. The highest BCUT2D eigenvalue weighted by molar-refractivity contribution is 5.85. The predicted molar refractivity (Wildman–Crippen MR) is 50.3 cm³/mol. The molecule has 0 amide bonds. The van der Waals surface area contributed by atoms with Gasteiger partial charge in [0, 0.05) is 18.9 Å². The lowest BCUT2D eigenvalue weighted by Gasteiger charge is -1.86. The largest absolute Gasteiger partial charge is 0.325 e. The third-order valence-electron chi connectivity index (χ3n) is 1.62. The highest BCUT2D eigenvalue weighted by Gasteiger charge is 1.95. The van der Waals surface area contributed by atoms with E-state index in [9.17, 15) is 0 Å². The summed E-state index contributed by atoms with van der Waals surface area (Å²) in [6.45, 7) is 0.502. The van der Waals surface area contributed by atoms with E-state index in [-0.39, 0.29) is 12.4 Å². The van der Waals surface area contributed by atoms with Crippen molar-refractivity contribution in [2.24, 2.45) is 5.73 Å². The van der Waals surface area contributed by atoms with Gasteiger partial charge in [-0.25, -0.2) is 4.98 Å². The van der Waals surface area contributed by atoms with Crippen molar-refractivity contribution in [3.63, 3.8) is 0 Å². The molecule has 0 radical (unpaired) electrons. The third kappa shape index (κ3) is 1.42. The van der Waals surface area contributed by atoms with Crippen LogP contribution in [-0.2, 0) is 6.54 Å². The first-order valence-electron chi connectivity index (χ1n) is 3.53. The number of rotatable bonds is 1. The van der Waals surface area contributed by atoms with Crippen LogP contribution >= 0.6 is 12.4 Å². The van der Waals surface area contributed by atoms with Crippen LogP contribution in [0.15, 0.2) is 30.6 Å². The summed E-state index contributed by atoms with van der Waals surface area (Å²) in [5.74, 6) is 0. The summed E-state index contributed by atoms with van der Waals surface area (Å²) in [6.07, 6.45) is 3.90. The molecule has 2 N–H and O–H groups in total.